The van der Waals surface area contributed by atoms with Crippen LogP contribution in [0, 0.1) is 5.92 Å². The topological polar surface area (TPSA) is 58.5 Å². The summed E-state index contributed by atoms with van der Waals surface area (Å²) in [6.45, 7) is 7.34. The van der Waals surface area contributed by atoms with Crippen molar-refractivity contribution in [3.63, 3.8) is 0 Å². The summed E-state index contributed by atoms with van der Waals surface area (Å²) in [5, 5.41) is 10.0. The van der Waals surface area contributed by atoms with Crippen molar-refractivity contribution in [3.05, 3.63) is 52.0 Å². The largest absolute Gasteiger partial charge is 0.376 e. The first-order valence-electron chi connectivity index (χ1n) is 9.20. The first kappa shape index (κ1) is 23.8. The van der Waals surface area contributed by atoms with Gasteiger partial charge in [-0.15, -0.1) is 35.3 Å². The van der Waals surface area contributed by atoms with Gasteiger partial charge in [-0.2, -0.15) is 0 Å². The Labute approximate surface area is 184 Å². The van der Waals surface area contributed by atoms with E-state index in [1.165, 1.54) is 10.6 Å². The summed E-state index contributed by atoms with van der Waals surface area (Å²) >= 11 is 1.74. The minimum Gasteiger partial charge on any atom is -0.376 e. The van der Waals surface area contributed by atoms with Gasteiger partial charge in [0, 0.05) is 31.9 Å². The van der Waals surface area contributed by atoms with Gasteiger partial charge in [-0.1, -0.05) is 44.2 Å². The highest BCUT2D eigenvalue weighted by Gasteiger charge is 2.05. The molecule has 1 unspecified atom stereocenters. The lowest BCUT2D eigenvalue weighted by atomic mass is 10.2. The maximum Gasteiger partial charge on any atom is 0.190 e. The van der Waals surface area contributed by atoms with Crippen LogP contribution in [0.2, 0.25) is 0 Å². The molecule has 1 aromatic heterocycles. The van der Waals surface area contributed by atoms with Gasteiger partial charge in [0.25, 0.3) is 0 Å². The zero-order valence-corrected chi connectivity index (χ0v) is 19.6. The van der Waals surface area contributed by atoms with Crippen LogP contribution in [0.3, 0.4) is 0 Å². The Morgan fingerprint density at radius 2 is 2.04 bits per heavy atom. The third-order valence-corrected chi connectivity index (χ3v) is 4.97. The van der Waals surface area contributed by atoms with Crippen molar-refractivity contribution in [1.29, 1.82) is 0 Å². The molecule has 27 heavy (non-hydrogen) atoms. The Kier molecular flexibility index (Phi) is 12.3. The van der Waals surface area contributed by atoms with Crippen molar-refractivity contribution in [2.24, 2.45) is 10.9 Å². The maximum absolute atomic E-state index is 5.79. The first-order valence-corrected chi connectivity index (χ1v) is 10.1. The van der Waals surface area contributed by atoms with Crippen molar-refractivity contribution < 1.29 is 4.74 Å². The van der Waals surface area contributed by atoms with Crippen molar-refractivity contribution in [2.75, 3.05) is 26.7 Å². The zero-order valence-electron chi connectivity index (χ0n) is 16.4. The summed E-state index contributed by atoms with van der Waals surface area (Å²) in [7, 11) is 1.80. The number of thiazole rings is 1. The third kappa shape index (κ3) is 9.53. The van der Waals surface area contributed by atoms with Crippen molar-refractivity contribution in [2.45, 2.75) is 33.3 Å². The van der Waals surface area contributed by atoms with Gasteiger partial charge < -0.3 is 15.4 Å². The quantitative estimate of drug-likeness (QED) is 0.294. The lowest BCUT2D eigenvalue weighted by Gasteiger charge is -2.16. The van der Waals surface area contributed by atoms with E-state index in [1.54, 1.807) is 18.4 Å². The normalized spacial score (nSPS) is 12.3. The van der Waals surface area contributed by atoms with Crippen LogP contribution < -0.4 is 10.6 Å². The molecule has 0 amide bonds. The van der Waals surface area contributed by atoms with Gasteiger partial charge in [0.15, 0.2) is 5.96 Å². The second-order valence-electron chi connectivity index (χ2n) is 6.32. The van der Waals surface area contributed by atoms with Gasteiger partial charge in [0.1, 0.15) is 0 Å². The Hall–Kier alpha value is -1.19. The highest BCUT2D eigenvalue weighted by molar-refractivity contribution is 14.0. The lowest BCUT2D eigenvalue weighted by molar-refractivity contribution is 0.0931. The summed E-state index contributed by atoms with van der Waals surface area (Å²) in [6, 6.07) is 10.3. The molecule has 0 aliphatic heterocycles. The van der Waals surface area contributed by atoms with Crippen LogP contribution in [0.4, 0.5) is 0 Å². The number of hydrogen-bond donors (Lipinski definition) is 2. The van der Waals surface area contributed by atoms with E-state index in [2.05, 4.69) is 52.0 Å². The van der Waals surface area contributed by atoms with Crippen LogP contribution in [-0.2, 0) is 24.2 Å². The second-order valence-corrected chi connectivity index (χ2v) is 7.26. The van der Waals surface area contributed by atoms with Crippen molar-refractivity contribution in [1.82, 2.24) is 15.6 Å². The Morgan fingerprint density at radius 3 is 2.70 bits per heavy atom. The molecule has 0 aliphatic rings. The predicted molar refractivity (Wildman–Crippen MR) is 125 cm³/mol. The number of hydrogen-bond acceptors (Lipinski definition) is 4. The number of guanidine groups is 1. The van der Waals surface area contributed by atoms with E-state index in [0.717, 1.165) is 44.2 Å². The highest BCUT2D eigenvalue weighted by Crippen LogP contribution is 2.10. The van der Waals surface area contributed by atoms with Crippen LogP contribution in [0.1, 0.15) is 30.1 Å². The molecule has 0 spiro atoms. The molecule has 0 radical (unpaired) electrons. The highest BCUT2D eigenvalue weighted by atomic mass is 127. The summed E-state index contributed by atoms with van der Waals surface area (Å²) in [5.41, 5.74) is 2.36. The number of ether oxygens (including phenoxy) is 1. The molecule has 0 saturated carbocycles. The molecular weight excluding hydrogens is 471 g/mol. The SMILES string of the molecule is CCc1nc(CCNC(=NC)NCC(C)COCc2ccccc2)cs1.I. The molecular formula is C20H31IN4OS. The van der Waals surface area contributed by atoms with Gasteiger partial charge >= 0.3 is 0 Å². The predicted octanol–water partition coefficient (Wildman–Crippen LogP) is 3.88. The Bertz CT molecular complexity index is 663. The average molecular weight is 502 g/mol. The smallest absolute Gasteiger partial charge is 0.190 e. The van der Waals surface area contributed by atoms with Crippen LogP contribution >= 0.6 is 35.3 Å². The van der Waals surface area contributed by atoms with Gasteiger partial charge in [-0.3, -0.25) is 4.99 Å². The summed E-state index contributed by atoms with van der Waals surface area (Å²) in [4.78, 5) is 8.86. The number of halogens is 1. The van der Waals surface area contributed by atoms with Crippen LogP contribution in [-0.4, -0.2) is 37.7 Å². The van der Waals surface area contributed by atoms with E-state index in [9.17, 15) is 0 Å². The Balaban J connectivity index is 0.00000364. The summed E-state index contributed by atoms with van der Waals surface area (Å²) in [5.74, 6) is 1.23. The molecule has 0 saturated heterocycles. The van der Waals surface area contributed by atoms with E-state index in [-0.39, 0.29) is 24.0 Å². The standard InChI is InChI=1S/C20H30N4OS.HI/c1-4-19-24-18(15-26-19)10-11-22-20(21-3)23-12-16(2)13-25-14-17-8-6-5-7-9-17;/h5-9,15-16H,4,10-14H2,1-3H3,(H2,21,22,23);1H. The minimum atomic E-state index is 0. The van der Waals surface area contributed by atoms with Crippen LogP contribution in [0.15, 0.2) is 40.7 Å². The molecule has 5 nitrogen and oxygen atoms in total. The number of aliphatic imine (C=N–C) groups is 1. The van der Waals surface area contributed by atoms with Crippen LogP contribution in [0.25, 0.3) is 0 Å². The van der Waals surface area contributed by atoms with E-state index in [1.807, 2.05) is 18.2 Å². The lowest BCUT2D eigenvalue weighted by Crippen LogP contribution is -2.40. The molecule has 2 aromatic rings. The zero-order chi connectivity index (χ0) is 18.6. The molecule has 0 fully saturated rings. The van der Waals surface area contributed by atoms with E-state index in [4.69, 9.17) is 4.74 Å². The fourth-order valence-corrected chi connectivity index (χ4v) is 3.22. The number of nitrogens with one attached hydrogen (secondary N) is 2. The summed E-state index contributed by atoms with van der Waals surface area (Å²) in [6.07, 6.45) is 1.92. The van der Waals surface area contributed by atoms with Gasteiger partial charge in [-0.25, -0.2) is 4.98 Å². The second kappa shape index (κ2) is 13.9. The van der Waals surface area contributed by atoms with Gasteiger partial charge in [0.2, 0.25) is 0 Å². The van der Waals surface area contributed by atoms with E-state index < -0.39 is 0 Å². The molecule has 1 heterocycles. The van der Waals surface area contributed by atoms with Crippen molar-refractivity contribution in [3.8, 4) is 0 Å². The van der Waals surface area contributed by atoms with Crippen molar-refractivity contribution >= 4 is 41.3 Å². The number of aromatic nitrogens is 1. The van der Waals surface area contributed by atoms with Gasteiger partial charge in [-0.05, 0) is 17.9 Å². The molecule has 2 rings (SSSR count). The molecule has 1 aromatic carbocycles. The minimum absolute atomic E-state index is 0. The molecule has 7 heteroatoms. The number of aryl methyl sites for hydroxylation is 1. The number of rotatable bonds is 10. The van der Waals surface area contributed by atoms with Gasteiger partial charge in [0.05, 0.1) is 23.9 Å². The third-order valence-electron chi connectivity index (χ3n) is 3.93. The fourth-order valence-electron chi connectivity index (χ4n) is 2.44. The van der Waals surface area contributed by atoms with E-state index in [0.29, 0.717) is 12.5 Å². The molecule has 150 valence electrons. The first-order chi connectivity index (χ1) is 12.7. The Morgan fingerprint density at radius 1 is 1.26 bits per heavy atom. The maximum atomic E-state index is 5.79. The molecule has 0 bridgehead atoms. The fraction of sp³-hybridized carbons (Fsp3) is 0.500. The van der Waals surface area contributed by atoms with E-state index >= 15 is 0 Å². The average Bonchev–Trinajstić information content (AvgIpc) is 3.13. The van der Waals surface area contributed by atoms with Crippen LogP contribution in [0.5, 0.6) is 0 Å². The molecule has 2 N–H and O–H groups in total. The monoisotopic (exact) mass is 502 g/mol. The molecule has 1 atom stereocenters. The summed E-state index contributed by atoms with van der Waals surface area (Å²) < 4.78 is 5.79. The number of nitrogens with zero attached hydrogens (tertiary/aromatic N) is 2. The molecule has 0 aliphatic carbocycles. The number of benzene rings is 1.